The molecule has 6 aromatic rings. The number of nitrogen functional groups attached to an aromatic ring is 1. The molecule has 1 aliphatic rings. The monoisotopic (exact) mass is 589 g/mol. The van der Waals surface area contributed by atoms with Crippen molar-refractivity contribution in [1.82, 2.24) is 24.5 Å². The number of hydrogen-bond donors (Lipinski definition) is 3. The Balaban J connectivity index is 0.000000232. The van der Waals surface area contributed by atoms with Gasteiger partial charge in [0.1, 0.15) is 27.8 Å². The molecule has 0 saturated heterocycles. The van der Waals surface area contributed by atoms with Crippen molar-refractivity contribution < 1.29 is 14.7 Å². The number of carbonyl (C=O) groups is 2. The highest BCUT2D eigenvalue weighted by molar-refractivity contribution is 7.13. The summed E-state index contributed by atoms with van der Waals surface area (Å²) in [7, 11) is 0. The van der Waals surface area contributed by atoms with E-state index in [4.69, 9.17) is 26.5 Å². The summed E-state index contributed by atoms with van der Waals surface area (Å²) in [5, 5.41) is 12.0. The van der Waals surface area contributed by atoms with Gasteiger partial charge in [-0.3, -0.25) is 14.2 Å². The van der Waals surface area contributed by atoms with E-state index in [0.717, 1.165) is 57.5 Å². The summed E-state index contributed by atoms with van der Waals surface area (Å²) in [6.45, 7) is 2.00. The van der Waals surface area contributed by atoms with Gasteiger partial charge in [0, 0.05) is 28.5 Å². The molecule has 4 aromatic heterocycles. The maximum atomic E-state index is 10.6. The van der Waals surface area contributed by atoms with Crippen LogP contribution < -0.4 is 11.5 Å². The predicted molar refractivity (Wildman–Crippen MR) is 166 cm³/mol. The Morgan fingerprint density at radius 2 is 1.86 bits per heavy atom. The highest BCUT2D eigenvalue weighted by Gasteiger charge is 2.20. The van der Waals surface area contributed by atoms with Crippen LogP contribution in [0.2, 0.25) is 0 Å². The lowest BCUT2D eigenvalue weighted by atomic mass is 10.1. The molecular formula is C32H27N7O3S. The molecule has 214 valence electrons. The van der Waals surface area contributed by atoms with Gasteiger partial charge in [-0.25, -0.2) is 19.9 Å². The molecule has 1 aliphatic carbocycles. The Morgan fingerprint density at radius 1 is 1.02 bits per heavy atom. The number of phenols is 1. The predicted octanol–water partition coefficient (Wildman–Crippen LogP) is 5.29. The fraction of sp³-hybridized carbons (Fsp3) is 0.125. The zero-order chi connectivity index (χ0) is 30.1. The Labute approximate surface area is 250 Å². The molecule has 7 rings (SSSR count). The minimum absolute atomic E-state index is 0.0614. The molecule has 0 bridgehead atoms. The van der Waals surface area contributed by atoms with Gasteiger partial charge in [-0.2, -0.15) is 0 Å². The number of fused-ring (bicyclic) bond motifs is 2. The van der Waals surface area contributed by atoms with Crippen LogP contribution in [-0.4, -0.2) is 41.8 Å². The van der Waals surface area contributed by atoms with Gasteiger partial charge in [-0.05, 0) is 91.9 Å². The largest absolute Gasteiger partial charge is 0.507 e. The first kappa shape index (κ1) is 27.7. The lowest BCUT2D eigenvalue weighted by molar-refractivity contribution is 0.1000. The minimum Gasteiger partial charge on any atom is -0.507 e. The standard InChI is InChI=1S/C24H20N6S.C8H7NO3/c1-14-13-31-24(27-14)20-10-9-19-23(29-20)30(17-8-7-15-4-2-5-16(15)12-17)22(28-19)18-6-3-11-26-21(18)25;9-8(12)5-1-2-7(11)6(3-5)4-10/h3,6-13H,2,4-5H2,1H3,(H2,25,26);1-4,11H,(H2,9,12). The van der Waals surface area contributed by atoms with Crippen LogP contribution in [0.5, 0.6) is 5.75 Å². The Kier molecular flexibility index (Phi) is 7.39. The molecule has 0 unspecified atom stereocenters. The number of aromatic hydroxyl groups is 1. The SMILES string of the molecule is Cc1csc(-c2ccc3nc(-c4cccnc4N)n(-c4ccc5c(c4)CCC5)c3n2)n1.NC(=O)c1ccc(O)c(C=O)c1. The third kappa shape index (κ3) is 5.45. The summed E-state index contributed by atoms with van der Waals surface area (Å²) >= 11 is 1.60. The number of benzene rings is 2. The maximum absolute atomic E-state index is 10.6. The van der Waals surface area contributed by atoms with E-state index in [0.29, 0.717) is 12.1 Å². The van der Waals surface area contributed by atoms with Gasteiger partial charge in [0.15, 0.2) is 17.8 Å². The van der Waals surface area contributed by atoms with Crippen LogP contribution in [0.1, 0.15) is 44.0 Å². The number of imidazole rings is 1. The number of thiazole rings is 1. The Morgan fingerprint density at radius 3 is 2.60 bits per heavy atom. The van der Waals surface area contributed by atoms with E-state index < -0.39 is 5.91 Å². The quantitative estimate of drug-likeness (QED) is 0.228. The number of primary amides is 1. The number of aromatic nitrogens is 5. The van der Waals surface area contributed by atoms with Gasteiger partial charge in [-0.1, -0.05) is 6.07 Å². The van der Waals surface area contributed by atoms with Crippen LogP contribution >= 0.6 is 11.3 Å². The normalized spacial score (nSPS) is 12.0. The highest BCUT2D eigenvalue weighted by Crippen LogP contribution is 2.34. The number of nitrogens with zero attached hydrogens (tertiary/aromatic N) is 5. The van der Waals surface area contributed by atoms with E-state index in [1.807, 2.05) is 36.6 Å². The zero-order valence-electron chi connectivity index (χ0n) is 23.2. The van der Waals surface area contributed by atoms with Crippen molar-refractivity contribution in [3.8, 4) is 33.5 Å². The smallest absolute Gasteiger partial charge is 0.248 e. The molecule has 43 heavy (non-hydrogen) atoms. The van der Waals surface area contributed by atoms with Crippen molar-refractivity contribution in [3.63, 3.8) is 0 Å². The summed E-state index contributed by atoms with van der Waals surface area (Å²) in [4.78, 5) is 39.7. The first-order chi connectivity index (χ1) is 20.8. The average Bonchev–Trinajstić information content (AvgIpc) is 3.75. The summed E-state index contributed by atoms with van der Waals surface area (Å²) in [6, 6.07) is 18.3. The second-order valence-electron chi connectivity index (χ2n) is 10.1. The third-order valence-corrected chi connectivity index (χ3v) is 8.18. The fourth-order valence-electron chi connectivity index (χ4n) is 5.08. The van der Waals surface area contributed by atoms with Gasteiger partial charge in [0.2, 0.25) is 5.91 Å². The van der Waals surface area contributed by atoms with Crippen molar-refractivity contribution in [2.24, 2.45) is 5.73 Å². The Hall–Kier alpha value is -5.42. The van der Waals surface area contributed by atoms with Crippen LogP contribution in [0, 0.1) is 6.92 Å². The summed E-state index contributed by atoms with van der Waals surface area (Å²) in [5.74, 6) is 0.419. The number of nitrogens with two attached hydrogens (primary N) is 2. The van der Waals surface area contributed by atoms with E-state index in [2.05, 4.69) is 32.7 Å². The molecule has 1 amide bonds. The molecule has 0 spiro atoms. The van der Waals surface area contributed by atoms with Crippen LogP contribution in [0.15, 0.2) is 72.2 Å². The fourth-order valence-corrected chi connectivity index (χ4v) is 5.85. The van der Waals surface area contributed by atoms with Gasteiger partial charge in [0.25, 0.3) is 0 Å². The Bertz CT molecular complexity index is 2010. The molecule has 0 atom stereocenters. The highest BCUT2D eigenvalue weighted by atomic mass is 32.1. The van der Waals surface area contributed by atoms with Crippen LogP contribution in [0.4, 0.5) is 5.82 Å². The molecule has 10 nitrogen and oxygen atoms in total. The number of anilines is 1. The third-order valence-electron chi connectivity index (χ3n) is 7.20. The average molecular weight is 590 g/mol. The number of aldehydes is 1. The minimum atomic E-state index is -0.627. The van der Waals surface area contributed by atoms with E-state index in [1.54, 1.807) is 17.5 Å². The van der Waals surface area contributed by atoms with Crippen molar-refractivity contribution in [2.45, 2.75) is 26.2 Å². The molecule has 0 fully saturated rings. The molecule has 0 aliphatic heterocycles. The number of carbonyl (C=O) groups excluding carboxylic acids is 2. The first-order valence-corrected chi connectivity index (χ1v) is 14.4. The molecule has 0 radical (unpaired) electrons. The second-order valence-corrected chi connectivity index (χ2v) is 11.0. The molecule has 0 saturated carbocycles. The van der Waals surface area contributed by atoms with Gasteiger partial charge in [0.05, 0.1) is 11.1 Å². The number of amides is 1. The number of hydrogen-bond acceptors (Lipinski definition) is 9. The number of pyridine rings is 2. The molecule has 4 heterocycles. The summed E-state index contributed by atoms with van der Waals surface area (Å²) < 4.78 is 2.10. The van der Waals surface area contributed by atoms with Gasteiger partial charge >= 0.3 is 0 Å². The van der Waals surface area contributed by atoms with Crippen molar-refractivity contribution >= 4 is 40.5 Å². The lowest BCUT2D eigenvalue weighted by Crippen LogP contribution is -2.10. The van der Waals surface area contributed by atoms with Gasteiger partial charge < -0.3 is 16.6 Å². The zero-order valence-corrected chi connectivity index (χ0v) is 24.0. The van der Waals surface area contributed by atoms with E-state index in [9.17, 15) is 9.59 Å². The molecule has 11 heteroatoms. The maximum Gasteiger partial charge on any atom is 0.248 e. The topological polar surface area (TPSA) is 163 Å². The number of aryl methyl sites for hydroxylation is 3. The van der Waals surface area contributed by atoms with E-state index in [1.165, 1.54) is 35.7 Å². The lowest BCUT2D eigenvalue weighted by Gasteiger charge is -2.12. The van der Waals surface area contributed by atoms with E-state index >= 15 is 0 Å². The number of phenolic OH excluding ortho intramolecular Hbond substituents is 1. The van der Waals surface area contributed by atoms with Crippen LogP contribution in [-0.2, 0) is 12.8 Å². The molecule has 2 aromatic carbocycles. The van der Waals surface area contributed by atoms with Crippen LogP contribution in [0.25, 0.3) is 38.9 Å². The molecule has 5 N–H and O–H groups in total. The van der Waals surface area contributed by atoms with E-state index in [-0.39, 0.29) is 16.9 Å². The molecular weight excluding hydrogens is 562 g/mol. The van der Waals surface area contributed by atoms with Crippen molar-refractivity contribution in [1.29, 1.82) is 0 Å². The summed E-state index contributed by atoms with van der Waals surface area (Å²) in [6.07, 6.45) is 5.62. The van der Waals surface area contributed by atoms with Crippen molar-refractivity contribution in [2.75, 3.05) is 5.73 Å². The van der Waals surface area contributed by atoms with Crippen LogP contribution in [0.3, 0.4) is 0 Å². The first-order valence-electron chi connectivity index (χ1n) is 13.6. The van der Waals surface area contributed by atoms with Crippen molar-refractivity contribution in [3.05, 3.63) is 100 Å². The number of rotatable bonds is 5. The second kappa shape index (κ2) is 11.5. The summed E-state index contributed by atoms with van der Waals surface area (Å²) in [5.41, 5.74) is 19.6. The van der Waals surface area contributed by atoms with Gasteiger partial charge in [-0.15, -0.1) is 11.3 Å².